The highest BCUT2D eigenvalue weighted by molar-refractivity contribution is 5.99. The van der Waals surface area contributed by atoms with Gasteiger partial charge in [-0.25, -0.2) is 4.39 Å². The smallest absolute Gasteiger partial charge is 0.417 e. The number of carbonyl (C=O) groups excluding carboxylic acids is 2. The Balaban J connectivity index is 1.76. The average Bonchev–Trinajstić information content (AvgIpc) is 2.75. The fourth-order valence-corrected chi connectivity index (χ4v) is 3.31. The lowest BCUT2D eigenvalue weighted by Gasteiger charge is -2.17. The van der Waals surface area contributed by atoms with Crippen LogP contribution in [0.2, 0.25) is 0 Å². The number of carbonyl (C=O) groups is 2. The van der Waals surface area contributed by atoms with Crippen molar-refractivity contribution in [1.29, 1.82) is 5.26 Å². The third-order valence-electron chi connectivity index (χ3n) is 4.81. The standard InChI is InChI=1S/C24H18F4N2O3/c1-2-33-22-12-18(31)7-8-19(22)14-3-4-15(21(25)9-14)10-23(32)30-17-6-5-16(13-29)20(11-17)24(26,27)28/h3-6,8-9,11-12H,2,7,10H2,1H3,(H,30,32). The summed E-state index contributed by atoms with van der Waals surface area (Å²) in [6.07, 6.45) is -2.04. The number of anilines is 1. The summed E-state index contributed by atoms with van der Waals surface area (Å²) in [6, 6.07) is 8.42. The molecule has 1 aliphatic carbocycles. The van der Waals surface area contributed by atoms with Gasteiger partial charge in [-0.15, -0.1) is 0 Å². The van der Waals surface area contributed by atoms with Crippen molar-refractivity contribution in [2.24, 2.45) is 0 Å². The monoisotopic (exact) mass is 458 g/mol. The molecular formula is C24H18F4N2O3. The molecule has 2 aromatic rings. The lowest BCUT2D eigenvalue weighted by Crippen LogP contribution is -2.16. The number of benzene rings is 2. The number of alkyl halides is 3. The molecule has 5 nitrogen and oxygen atoms in total. The van der Waals surface area contributed by atoms with Crippen LogP contribution in [0.25, 0.3) is 5.57 Å². The van der Waals surface area contributed by atoms with E-state index in [4.69, 9.17) is 10.00 Å². The van der Waals surface area contributed by atoms with Gasteiger partial charge in [0, 0.05) is 23.8 Å². The van der Waals surface area contributed by atoms with Crippen LogP contribution in [-0.2, 0) is 26.9 Å². The zero-order chi connectivity index (χ0) is 24.2. The van der Waals surface area contributed by atoms with Gasteiger partial charge in [0.1, 0.15) is 11.6 Å². The molecule has 0 unspecified atom stereocenters. The summed E-state index contributed by atoms with van der Waals surface area (Å²) in [4.78, 5) is 23.9. The maximum Gasteiger partial charge on any atom is 0.417 e. The lowest BCUT2D eigenvalue weighted by atomic mass is 9.95. The third kappa shape index (κ3) is 5.66. The number of nitrogens with one attached hydrogen (secondary N) is 1. The van der Waals surface area contributed by atoms with Crippen LogP contribution in [0.15, 0.2) is 54.3 Å². The fraction of sp³-hybridized carbons (Fsp3) is 0.208. The summed E-state index contributed by atoms with van der Waals surface area (Å²) in [7, 11) is 0. The summed E-state index contributed by atoms with van der Waals surface area (Å²) in [5, 5.41) is 11.1. The first-order chi connectivity index (χ1) is 15.6. The van der Waals surface area contributed by atoms with Crippen LogP contribution in [0.4, 0.5) is 23.2 Å². The second kappa shape index (κ2) is 9.69. The molecule has 1 aliphatic rings. The number of hydrogen-bond donors (Lipinski definition) is 1. The van der Waals surface area contributed by atoms with E-state index in [0.717, 1.165) is 6.07 Å². The van der Waals surface area contributed by atoms with Crippen LogP contribution >= 0.6 is 0 Å². The predicted molar refractivity (Wildman–Crippen MR) is 112 cm³/mol. The molecule has 0 atom stereocenters. The van der Waals surface area contributed by atoms with E-state index in [0.29, 0.717) is 29.6 Å². The molecule has 0 saturated heterocycles. The zero-order valence-corrected chi connectivity index (χ0v) is 17.4. The largest absolute Gasteiger partial charge is 0.493 e. The quantitative estimate of drug-likeness (QED) is 0.606. The second-order valence-electron chi connectivity index (χ2n) is 7.13. The number of rotatable bonds is 6. The van der Waals surface area contributed by atoms with Gasteiger partial charge >= 0.3 is 6.18 Å². The normalized spacial score (nSPS) is 13.6. The number of allylic oxidation sites excluding steroid dienone is 3. The summed E-state index contributed by atoms with van der Waals surface area (Å²) in [5.74, 6) is -1.21. The van der Waals surface area contributed by atoms with Gasteiger partial charge in [-0.05, 0) is 42.3 Å². The van der Waals surface area contributed by atoms with Crippen molar-refractivity contribution in [2.75, 3.05) is 11.9 Å². The van der Waals surface area contributed by atoms with Gasteiger partial charge in [-0.3, -0.25) is 9.59 Å². The van der Waals surface area contributed by atoms with Crippen molar-refractivity contribution in [1.82, 2.24) is 0 Å². The third-order valence-corrected chi connectivity index (χ3v) is 4.81. The molecule has 3 rings (SSSR count). The van der Waals surface area contributed by atoms with Crippen molar-refractivity contribution in [3.63, 3.8) is 0 Å². The van der Waals surface area contributed by atoms with Gasteiger partial charge in [0.15, 0.2) is 5.78 Å². The van der Waals surface area contributed by atoms with Gasteiger partial charge < -0.3 is 10.1 Å². The molecule has 0 aliphatic heterocycles. The number of nitrogens with zero attached hydrogens (tertiary/aromatic N) is 1. The highest BCUT2D eigenvalue weighted by Gasteiger charge is 2.34. The highest BCUT2D eigenvalue weighted by atomic mass is 19.4. The van der Waals surface area contributed by atoms with Crippen molar-refractivity contribution < 1.29 is 31.9 Å². The Morgan fingerprint density at radius 3 is 2.61 bits per heavy atom. The van der Waals surface area contributed by atoms with Gasteiger partial charge in [0.05, 0.1) is 30.2 Å². The highest BCUT2D eigenvalue weighted by Crippen LogP contribution is 2.34. The van der Waals surface area contributed by atoms with Crippen LogP contribution in [0.3, 0.4) is 0 Å². The van der Waals surface area contributed by atoms with Gasteiger partial charge in [0.25, 0.3) is 0 Å². The predicted octanol–water partition coefficient (Wildman–Crippen LogP) is 5.17. The molecule has 0 saturated carbocycles. The van der Waals surface area contributed by atoms with Gasteiger partial charge in [0.2, 0.25) is 5.91 Å². The molecule has 33 heavy (non-hydrogen) atoms. The van der Waals surface area contributed by atoms with Crippen LogP contribution in [0.1, 0.15) is 35.6 Å². The average molecular weight is 458 g/mol. The summed E-state index contributed by atoms with van der Waals surface area (Å²) >= 11 is 0. The molecule has 2 aromatic carbocycles. The summed E-state index contributed by atoms with van der Waals surface area (Å²) < 4.78 is 59.4. The van der Waals surface area contributed by atoms with Crippen LogP contribution in [0, 0.1) is 17.1 Å². The van der Waals surface area contributed by atoms with E-state index < -0.39 is 35.4 Å². The maximum atomic E-state index is 14.7. The number of halogens is 4. The molecule has 0 heterocycles. The van der Waals surface area contributed by atoms with Crippen molar-refractivity contribution >= 4 is 23.0 Å². The van der Waals surface area contributed by atoms with E-state index in [9.17, 15) is 27.2 Å². The first-order valence-electron chi connectivity index (χ1n) is 9.90. The topological polar surface area (TPSA) is 79.2 Å². The lowest BCUT2D eigenvalue weighted by molar-refractivity contribution is -0.137. The second-order valence-corrected chi connectivity index (χ2v) is 7.13. The van der Waals surface area contributed by atoms with Crippen LogP contribution < -0.4 is 5.32 Å². The molecule has 0 spiro atoms. The Bertz CT molecular complexity index is 1210. The first-order valence-corrected chi connectivity index (χ1v) is 9.90. The van der Waals surface area contributed by atoms with Gasteiger partial charge in [-0.1, -0.05) is 18.2 Å². The van der Waals surface area contributed by atoms with Crippen molar-refractivity contribution in [2.45, 2.75) is 25.9 Å². The molecule has 1 N–H and O–H groups in total. The van der Waals surface area contributed by atoms with Gasteiger partial charge in [-0.2, -0.15) is 18.4 Å². The fourth-order valence-electron chi connectivity index (χ4n) is 3.31. The van der Waals surface area contributed by atoms with E-state index in [1.54, 1.807) is 19.1 Å². The molecule has 0 radical (unpaired) electrons. The van der Waals surface area contributed by atoms with E-state index >= 15 is 0 Å². The molecule has 0 fully saturated rings. The molecule has 1 amide bonds. The minimum atomic E-state index is -4.76. The summed E-state index contributed by atoms with van der Waals surface area (Å²) in [6.45, 7) is 2.08. The minimum Gasteiger partial charge on any atom is -0.493 e. The van der Waals surface area contributed by atoms with E-state index in [1.165, 1.54) is 30.3 Å². The summed E-state index contributed by atoms with van der Waals surface area (Å²) in [5.41, 5.74) is -0.839. The maximum absolute atomic E-state index is 14.7. The SMILES string of the molecule is CCOC1=CC(=O)CC=C1c1ccc(CC(=O)Nc2ccc(C#N)c(C(F)(F)F)c2)c(F)c1. The molecule has 170 valence electrons. The van der Waals surface area contributed by atoms with Crippen molar-refractivity contribution in [3.05, 3.63) is 82.4 Å². The Hall–Kier alpha value is -3.93. The molecule has 0 bridgehead atoms. The first kappa shape index (κ1) is 23.7. The number of ether oxygens (including phenoxy) is 1. The number of nitriles is 1. The van der Waals surface area contributed by atoms with Crippen molar-refractivity contribution in [3.8, 4) is 6.07 Å². The minimum absolute atomic E-state index is 0.0374. The van der Waals surface area contributed by atoms with E-state index in [2.05, 4.69) is 5.32 Å². The molecule has 0 aromatic heterocycles. The van der Waals surface area contributed by atoms with Crippen LogP contribution in [0.5, 0.6) is 0 Å². The Morgan fingerprint density at radius 1 is 1.21 bits per heavy atom. The number of hydrogen-bond acceptors (Lipinski definition) is 4. The number of amides is 1. The number of ketones is 1. The Morgan fingerprint density at radius 2 is 1.97 bits per heavy atom. The van der Waals surface area contributed by atoms with E-state index in [-0.39, 0.29) is 23.5 Å². The van der Waals surface area contributed by atoms with Crippen LogP contribution in [-0.4, -0.2) is 18.3 Å². The molecular weight excluding hydrogens is 440 g/mol. The zero-order valence-electron chi connectivity index (χ0n) is 17.4. The Kier molecular flexibility index (Phi) is 6.97. The Labute approximate surface area is 187 Å². The molecule has 9 heteroatoms. The van der Waals surface area contributed by atoms with E-state index in [1.807, 2.05) is 0 Å².